The van der Waals surface area contributed by atoms with Crippen LogP contribution in [0, 0.1) is 0 Å². The lowest BCUT2D eigenvalue weighted by atomic mass is 10.1. The predicted molar refractivity (Wildman–Crippen MR) is 79.0 cm³/mol. The second kappa shape index (κ2) is 7.92. The summed E-state index contributed by atoms with van der Waals surface area (Å²) in [5.74, 6) is 0.0319. The molecule has 0 fully saturated rings. The molecule has 0 saturated heterocycles. The number of amides is 1. The van der Waals surface area contributed by atoms with Gasteiger partial charge in [0.05, 0.1) is 12.6 Å². The first-order chi connectivity index (χ1) is 8.99. The molecule has 1 amide bonds. The van der Waals surface area contributed by atoms with Crippen LogP contribution in [0.2, 0.25) is 0 Å². The van der Waals surface area contributed by atoms with Crippen LogP contribution in [0.5, 0.6) is 0 Å². The van der Waals surface area contributed by atoms with Gasteiger partial charge in [0.2, 0.25) is 5.91 Å². The van der Waals surface area contributed by atoms with Gasteiger partial charge in [-0.2, -0.15) is 0 Å². The van der Waals surface area contributed by atoms with Crippen molar-refractivity contribution in [1.82, 2.24) is 15.5 Å². The highest BCUT2D eigenvalue weighted by atomic mass is 16.2. The van der Waals surface area contributed by atoms with Gasteiger partial charge < -0.3 is 15.5 Å². The van der Waals surface area contributed by atoms with E-state index < -0.39 is 0 Å². The van der Waals surface area contributed by atoms with Crippen molar-refractivity contribution in [1.29, 1.82) is 0 Å². The second-order valence-corrected chi connectivity index (χ2v) is 5.33. The van der Waals surface area contributed by atoms with Crippen LogP contribution in [-0.4, -0.2) is 44.0 Å². The topological polar surface area (TPSA) is 44.4 Å². The Labute approximate surface area is 116 Å². The summed E-state index contributed by atoms with van der Waals surface area (Å²) in [6, 6.07) is 10.4. The highest BCUT2D eigenvalue weighted by molar-refractivity contribution is 5.78. The highest BCUT2D eigenvalue weighted by Crippen LogP contribution is 2.12. The lowest BCUT2D eigenvalue weighted by molar-refractivity contribution is -0.121. The average molecular weight is 263 g/mol. The average Bonchev–Trinajstić information content (AvgIpc) is 2.36. The Balaban J connectivity index is 2.62. The smallest absolute Gasteiger partial charge is 0.234 e. The van der Waals surface area contributed by atoms with Gasteiger partial charge in [-0.3, -0.25) is 4.79 Å². The summed E-state index contributed by atoms with van der Waals surface area (Å²) in [5.41, 5.74) is 1.13. The van der Waals surface area contributed by atoms with Crippen molar-refractivity contribution in [3.8, 4) is 0 Å². The van der Waals surface area contributed by atoms with Gasteiger partial charge in [0.15, 0.2) is 0 Å². The van der Waals surface area contributed by atoms with Crippen molar-refractivity contribution in [2.45, 2.75) is 25.9 Å². The van der Waals surface area contributed by atoms with Crippen LogP contribution in [0.15, 0.2) is 30.3 Å². The maximum absolute atomic E-state index is 11.9. The van der Waals surface area contributed by atoms with Crippen molar-refractivity contribution in [3.63, 3.8) is 0 Å². The normalized spacial score (nSPS) is 12.7. The summed E-state index contributed by atoms with van der Waals surface area (Å²) in [4.78, 5) is 14.0. The minimum atomic E-state index is 0.0256. The molecule has 1 aromatic rings. The zero-order valence-corrected chi connectivity index (χ0v) is 12.3. The molecular formula is C15H25N3O. The SMILES string of the molecule is CC(C)NCC(=O)NC(CN(C)C)c1ccccc1. The lowest BCUT2D eigenvalue weighted by Crippen LogP contribution is -2.41. The maximum Gasteiger partial charge on any atom is 0.234 e. The van der Waals surface area contributed by atoms with Crippen LogP contribution in [0.1, 0.15) is 25.5 Å². The Hall–Kier alpha value is -1.39. The second-order valence-electron chi connectivity index (χ2n) is 5.33. The van der Waals surface area contributed by atoms with Crippen molar-refractivity contribution < 1.29 is 4.79 Å². The monoisotopic (exact) mass is 263 g/mol. The van der Waals surface area contributed by atoms with Crippen molar-refractivity contribution in [3.05, 3.63) is 35.9 Å². The molecule has 1 atom stereocenters. The van der Waals surface area contributed by atoms with E-state index in [0.717, 1.165) is 12.1 Å². The molecule has 0 radical (unpaired) electrons. The standard InChI is InChI=1S/C15H25N3O/c1-12(2)16-10-15(19)17-14(11-18(3)4)13-8-6-5-7-9-13/h5-9,12,14,16H,10-11H2,1-4H3,(H,17,19). The molecule has 0 aliphatic heterocycles. The molecule has 0 bridgehead atoms. The molecular weight excluding hydrogens is 238 g/mol. The summed E-state index contributed by atoms with van der Waals surface area (Å²) in [6.45, 7) is 5.20. The van der Waals surface area contributed by atoms with Crippen molar-refractivity contribution in [2.24, 2.45) is 0 Å². The molecule has 106 valence electrons. The molecule has 0 aliphatic rings. The van der Waals surface area contributed by atoms with Crippen LogP contribution < -0.4 is 10.6 Å². The Morgan fingerprint density at radius 2 is 1.84 bits per heavy atom. The number of hydrogen-bond donors (Lipinski definition) is 2. The van der Waals surface area contributed by atoms with E-state index in [-0.39, 0.29) is 11.9 Å². The molecule has 19 heavy (non-hydrogen) atoms. The van der Waals surface area contributed by atoms with Gasteiger partial charge in [0.1, 0.15) is 0 Å². The number of hydrogen-bond acceptors (Lipinski definition) is 3. The minimum absolute atomic E-state index is 0.0256. The van der Waals surface area contributed by atoms with Crippen molar-refractivity contribution in [2.75, 3.05) is 27.2 Å². The largest absolute Gasteiger partial charge is 0.347 e. The number of nitrogens with one attached hydrogen (secondary N) is 2. The van der Waals surface area contributed by atoms with Crippen LogP contribution >= 0.6 is 0 Å². The fraction of sp³-hybridized carbons (Fsp3) is 0.533. The van der Waals surface area contributed by atoms with Gasteiger partial charge in [-0.1, -0.05) is 44.2 Å². The zero-order valence-electron chi connectivity index (χ0n) is 12.3. The third-order valence-corrected chi connectivity index (χ3v) is 2.76. The number of nitrogens with zero attached hydrogens (tertiary/aromatic N) is 1. The number of carbonyl (C=O) groups is 1. The molecule has 0 saturated carbocycles. The Bertz CT molecular complexity index is 376. The number of carbonyl (C=O) groups excluding carboxylic acids is 1. The van der Waals surface area contributed by atoms with Crippen LogP contribution in [0.25, 0.3) is 0 Å². The fourth-order valence-electron chi connectivity index (χ4n) is 1.83. The molecule has 0 aromatic heterocycles. The molecule has 2 N–H and O–H groups in total. The van der Waals surface area contributed by atoms with E-state index in [0.29, 0.717) is 12.6 Å². The van der Waals surface area contributed by atoms with E-state index in [4.69, 9.17) is 0 Å². The number of likely N-dealkylation sites (N-methyl/N-ethyl adjacent to an activating group) is 1. The van der Waals surface area contributed by atoms with E-state index >= 15 is 0 Å². The van der Waals surface area contributed by atoms with Crippen LogP contribution in [0.4, 0.5) is 0 Å². The third kappa shape index (κ3) is 6.36. The molecule has 1 unspecified atom stereocenters. The summed E-state index contributed by atoms with van der Waals surface area (Å²) in [7, 11) is 4.02. The van der Waals surface area contributed by atoms with Gasteiger partial charge in [0.25, 0.3) is 0 Å². The van der Waals surface area contributed by atoms with Gasteiger partial charge >= 0.3 is 0 Å². The van der Waals surface area contributed by atoms with E-state index in [1.807, 2.05) is 58.3 Å². The van der Waals surface area contributed by atoms with E-state index in [1.54, 1.807) is 0 Å². The van der Waals surface area contributed by atoms with Crippen LogP contribution in [0.3, 0.4) is 0 Å². The predicted octanol–water partition coefficient (Wildman–Crippen LogP) is 1.40. The maximum atomic E-state index is 11.9. The first-order valence-corrected chi connectivity index (χ1v) is 6.71. The zero-order chi connectivity index (χ0) is 14.3. The van der Waals surface area contributed by atoms with E-state index in [1.165, 1.54) is 0 Å². The Morgan fingerprint density at radius 3 is 2.37 bits per heavy atom. The first kappa shape index (κ1) is 15.7. The summed E-state index contributed by atoms with van der Waals surface area (Å²) in [5, 5.41) is 6.21. The van der Waals surface area contributed by atoms with E-state index in [9.17, 15) is 4.79 Å². The summed E-state index contributed by atoms with van der Waals surface area (Å²) < 4.78 is 0. The summed E-state index contributed by atoms with van der Waals surface area (Å²) in [6.07, 6.45) is 0. The molecule has 4 heteroatoms. The minimum Gasteiger partial charge on any atom is -0.347 e. The molecule has 0 spiro atoms. The molecule has 1 aromatic carbocycles. The first-order valence-electron chi connectivity index (χ1n) is 6.71. The lowest BCUT2D eigenvalue weighted by Gasteiger charge is -2.23. The third-order valence-electron chi connectivity index (χ3n) is 2.76. The number of benzene rings is 1. The van der Waals surface area contributed by atoms with Gasteiger partial charge in [0, 0.05) is 12.6 Å². The quantitative estimate of drug-likeness (QED) is 0.781. The number of rotatable bonds is 7. The molecule has 0 aliphatic carbocycles. The van der Waals surface area contributed by atoms with Gasteiger partial charge in [-0.25, -0.2) is 0 Å². The molecule has 1 rings (SSSR count). The molecule has 4 nitrogen and oxygen atoms in total. The highest BCUT2D eigenvalue weighted by Gasteiger charge is 2.15. The fourth-order valence-corrected chi connectivity index (χ4v) is 1.83. The molecule has 0 heterocycles. The van der Waals surface area contributed by atoms with Crippen LogP contribution in [-0.2, 0) is 4.79 Å². The van der Waals surface area contributed by atoms with Gasteiger partial charge in [-0.15, -0.1) is 0 Å². The Kier molecular flexibility index (Phi) is 6.53. The van der Waals surface area contributed by atoms with E-state index in [2.05, 4.69) is 15.5 Å². The summed E-state index contributed by atoms with van der Waals surface area (Å²) >= 11 is 0. The van der Waals surface area contributed by atoms with Crippen molar-refractivity contribution >= 4 is 5.91 Å². The Morgan fingerprint density at radius 1 is 1.21 bits per heavy atom. The van der Waals surface area contributed by atoms with Gasteiger partial charge in [-0.05, 0) is 19.7 Å².